The number of benzene rings is 2. The largest absolute Gasteiger partial charge is 0.347 e. The number of fused-ring (bicyclic) bond motifs is 1. The summed E-state index contributed by atoms with van der Waals surface area (Å²) in [6, 6.07) is 8.28. The number of carbonyl (C=O) groups is 1. The first kappa shape index (κ1) is 27.4. The molecular formula is C28H29F2NO5. The van der Waals surface area contributed by atoms with Gasteiger partial charge in [-0.05, 0) is 69.3 Å². The molecule has 0 aliphatic rings. The van der Waals surface area contributed by atoms with Gasteiger partial charge in [0.25, 0.3) is 0 Å². The number of halogens is 2. The van der Waals surface area contributed by atoms with Crippen LogP contribution in [0.5, 0.6) is 0 Å². The fourth-order valence-electron chi connectivity index (χ4n) is 3.70. The van der Waals surface area contributed by atoms with Crippen molar-refractivity contribution in [2.75, 3.05) is 26.4 Å². The summed E-state index contributed by atoms with van der Waals surface area (Å²) in [5, 5.41) is 1.06. The number of carbonyl (C=O) groups excluding carboxylic acids is 1. The Morgan fingerprint density at radius 3 is 2.17 bits per heavy atom. The Bertz CT molecular complexity index is 1260. The third-order valence-electron chi connectivity index (χ3n) is 5.16. The first-order chi connectivity index (χ1) is 17.4. The van der Waals surface area contributed by atoms with E-state index in [2.05, 4.69) is 11.8 Å². The lowest BCUT2D eigenvalue weighted by Gasteiger charge is -2.19. The van der Waals surface area contributed by atoms with Crippen LogP contribution in [0, 0.1) is 23.5 Å². The van der Waals surface area contributed by atoms with Gasteiger partial charge in [0, 0.05) is 48.5 Å². The van der Waals surface area contributed by atoms with Crippen molar-refractivity contribution < 1.29 is 32.5 Å². The van der Waals surface area contributed by atoms with Gasteiger partial charge < -0.3 is 18.9 Å². The molecule has 0 spiro atoms. The van der Waals surface area contributed by atoms with Crippen LogP contribution in [0.4, 0.5) is 8.78 Å². The second-order valence-corrected chi connectivity index (χ2v) is 7.55. The molecule has 0 atom stereocenters. The van der Waals surface area contributed by atoms with E-state index in [4.69, 9.17) is 23.9 Å². The van der Waals surface area contributed by atoms with Crippen molar-refractivity contribution in [3.8, 4) is 23.1 Å². The van der Waals surface area contributed by atoms with Crippen LogP contribution in [0.1, 0.15) is 55.6 Å². The molecule has 0 unspecified atom stereocenters. The third-order valence-corrected chi connectivity index (χ3v) is 5.16. The average Bonchev–Trinajstić information content (AvgIpc) is 2.86. The molecule has 0 fully saturated rings. The molecule has 0 aliphatic heterocycles. The molecule has 0 amide bonds. The maximum absolute atomic E-state index is 14.7. The molecular weight excluding hydrogens is 468 g/mol. The summed E-state index contributed by atoms with van der Waals surface area (Å²) in [5.74, 6) is 4.62. The van der Waals surface area contributed by atoms with Crippen molar-refractivity contribution in [3.63, 3.8) is 0 Å². The Morgan fingerprint density at radius 2 is 1.56 bits per heavy atom. The topological polar surface area (TPSA) is 66.9 Å². The van der Waals surface area contributed by atoms with Crippen molar-refractivity contribution in [2.24, 2.45) is 0 Å². The van der Waals surface area contributed by atoms with Gasteiger partial charge in [0.1, 0.15) is 11.6 Å². The fourth-order valence-corrected chi connectivity index (χ4v) is 3.70. The predicted octanol–water partition coefficient (Wildman–Crippen LogP) is 5.81. The highest BCUT2D eigenvalue weighted by Crippen LogP contribution is 2.34. The van der Waals surface area contributed by atoms with Crippen LogP contribution in [-0.4, -0.2) is 44.0 Å². The minimum absolute atomic E-state index is 0.0205. The highest BCUT2D eigenvalue weighted by Gasteiger charge is 2.21. The zero-order valence-electron chi connectivity index (χ0n) is 20.8. The van der Waals surface area contributed by atoms with Gasteiger partial charge in [0.2, 0.25) is 12.6 Å². The van der Waals surface area contributed by atoms with E-state index < -0.39 is 24.2 Å². The van der Waals surface area contributed by atoms with Crippen LogP contribution in [0.15, 0.2) is 36.4 Å². The van der Waals surface area contributed by atoms with Crippen LogP contribution in [0.25, 0.3) is 22.0 Å². The minimum Gasteiger partial charge on any atom is -0.347 e. The SMILES string of the molecule is CCOC(C#Cc1c(C=O)cc(F)cc1-c1nc(C(OCC)OCC)cc2ccc(F)cc12)OCC. The van der Waals surface area contributed by atoms with Crippen molar-refractivity contribution in [1.82, 2.24) is 4.98 Å². The molecule has 190 valence electrons. The molecule has 3 rings (SSSR count). The molecule has 0 saturated heterocycles. The summed E-state index contributed by atoms with van der Waals surface area (Å²) in [5.41, 5.74) is 1.12. The van der Waals surface area contributed by atoms with Crippen LogP contribution in [-0.2, 0) is 18.9 Å². The molecule has 2 aromatic carbocycles. The van der Waals surface area contributed by atoms with E-state index in [1.807, 2.05) is 13.8 Å². The minimum atomic E-state index is -0.842. The highest BCUT2D eigenvalue weighted by molar-refractivity contribution is 5.98. The number of ether oxygens (including phenoxy) is 4. The van der Waals surface area contributed by atoms with Crippen LogP contribution < -0.4 is 0 Å². The normalized spacial score (nSPS) is 11.2. The van der Waals surface area contributed by atoms with Gasteiger partial charge in [-0.25, -0.2) is 13.8 Å². The number of hydrogen-bond donors (Lipinski definition) is 0. The highest BCUT2D eigenvalue weighted by atomic mass is 19.1. The number of rotatable bonds is 11. The summed E-state index contributed by atoms with van der Waals surface area (Å²) >= 11 is 0. The molecule has 0 saturated carbocycles. The van der Waals surface area contributed by atoms with E-state index in [0.717, 1.165) is 6.07 Å². The van der Waals surface area contributed by atoms with Crippen molar-refractivity contribution in [3.05, 3.63) is 64.9 Å². The monoisotopic (exact) mass is 497 g/mol. The molecule has 8 heteroatoms. The fraction of sp³-hybridized carbons (Fsp3) is 0.357. The van der Waals surface area contributed by atoms with Crippen molar-refractivity contribution in [1.29, 1.82) is 0 Å². The smallest absolute Gasteiger partial charge is 0.222 e. The second kappa shape index (κ2) is 13.2. The Labute approximate surface area is 209 Å². The molecule has 0 N–H and O–H groups in total. The third kappa shape index (κ3) is 6.50. The van der Waals surface area contributed by atoms with Gasteiger partial charge in [-0.2, -0.15) is 0 Å². The molecule has 0 bridgehead atoms. The lowest BCUT2D eigenvalue weighted by molar-refractivity contribution is -0.142. The summed E-state index contributed by atoms with van der Waals surface area (Å²) in [7, 11) is 0. The van der Waals surface area contributed by atoms with E-state index in [1.165, 1.54) is 18.2 Å². The first-order valence-corrected chi connectivity index (χ1v) is 11.8. The maximum atomic E-state index is 14.7. The maximum Gasteiger partial charge on any atom is 0.222 e. The number of pyridine rings is 1. The molecule has 6 nitrogen and oxygen atoms in total. The van der Waals surface area contributed by atoms with Gasteiger partial charge in [0.05, 0.1) is 11.4 Å². The zero-order valence-corrected chi connectivity index (χ0v) is 20.8. The van der Waals surface area contributed by atoms with E-state index >= 15 is 0 Å². The molecule has 1 aromatic heterocycles. The quantitative estimate of drug-likeness (QED) is 0.189. The molecule has 36 heavy (non-hydrogen) atoms. The number of nitrogens with zero attached hydrogens (tertiary/aromatic N) is 1. The summed E-state index contributed by atoms with van der Waals surface area (Å²) in [6.07, 6.45) is -1.11. The lowest BCUT2D eigenvalue weighted by atomic mass is 9.95. The molecule has 3 aromatic rings. The summed E-state index contributed by atoms with van der Waals surface area (Å²) in [4.78, 5) is 16.6. The van der Waals surface area contributed by atoms with Crippen LogP contribution in [0.2, 0.25) is 0 Å². The second-order valence-electron chi connectivity index (χ2n) is 7.55. The molecule has 0 aliphatic carbocycles. The summed E-state index contributed by atoms with van der Waals surface area (Å²) in [6.45, 7) is 8.71. The Hall–Kier alpha value is -3.22. The van der Waals surface area contributed by atoms with Gasteiger partial charge in [-0.15, -0.1) is 0 Å². The van der Waals surface area contributed by atoms with E-state index in [0.29, 0.717) is 49.2 Å². The van der Waals surface area contributed by atoms with Gasteiger partial charge >= 0.3 is 0 Å². The standard InChI is InChI=1S/C28H29F2NO5/c1-5-33-26(34-6-2)12-11-22-19(17-32)13-21(30)16-24(22)27-23-15-20(29)10-9-18(23)14-25(31-27)28(35-7-3)36-8-4/h9-10,13-17,26,28H,5-8H2,1-4H3. The Kier molecular flexibility index (Phi) is 10.0. The summed E-state index contributed by atoms with van der Waals surface area (Å²) < 4.78 is 51.4. The Balaban J connectivity index is 2.33. The van der Waals surface area contributed by atoms with Crippen molar-refractivity contribution in [2.45, 2.75) is 40.3 Å². The zero-order chi connectivity index (χ0) is 26.1. The van der Waals surface area contributed by atoms with Crippen LogP contribution >= 0.6 is 0 Å². The van der Waals surface area contributed by atoms with E-state index in [1.54, 1.807) is 26.0 Å². The molecule has 0 radical (unpaired) electrons. The number of aromatic nitrogens is 1. The number of hydrogen-bond acceptors (Lipinski definition) is 6. The number of aldehydes is 1. The first-order valence-electron chi connectivity index (χ1n) is 11.8. The predicted molar refractivity (Wildman–Crippen MR) is 132 cm³/mol. The van der Waals surface area contributed by atoms with Crippen LogP contribution in [0.3, 0.4) is 0 Å². The van der Waals surface area contributed by atoms with E-state index in [-0.39, 0.29) is 22.4 Å². The average molecular weight is 498 g/mol. The van der Waals surface area contributed by atoms with Gasteiger partial charge in [-0.1, -0.05) is 12.0 Å². The van der Waals surface area contributed by atoms with Gasteiger partial charge in [0.15, 0.2) is 6.29 Å². The van der Waals surface area contributed by atoms with Crippen molar-refractivity contribution >= 4 is 17.1 Å². The van der Waals surface area contributed by atoms with E-state index in [9.17, 15) is 13.6 Å². The van der Waals surface area contributed by atoms with Gasteiger partial charge in [-0.3, -0.25) is 4.79 Å². The lowest BCUT2D eigenvalue weighted by Crippen LogP contribution is -2.15. The Morgan fingerprint density at radius 1 is 0.889 bits per heavy atom. The molecule has 1 heterocycles.